The largest absolute Gasteiger partial charge is 0.384 e. The Hall–Kier alpha value is -2.37. The number of aliphatic hydroxyl groups is 1. The third kappa shape index (κ3) is 2.77. The molecule has 0 amide bonds. The van der Waals surface area contributed by atoms with Gasteiger partial charge in [-0.1, -0.05) is 0 Å². The highest BCUT2D eigenvalue weighted by Crippen LogP contribution is 2.42. The van der Waals surface area contributed by atoms with Gasteiger partial charge in [-0.25, -0.2) is 4.79 Å². The second-order valence-corrected chi connectivity index (χ2v) is 6.47. The van der Waals surface area contributed by atoms with Crippen molar-refractivity contribution in [2.24, 2.45) is 0 Å². The number of hydrogen-bond acceptors (Lipinski definition) is 7. The zero-order valence-corrected chi connectivity index (χ0v) is 13.7. The second-order valence-electron chi connectivity index (χ2n) is 6.47. The lowest BCUT2D eigenvalue weighted by Crippen LogP contribution is -2.45. The summed E-state index contributed by atoms with van der Waals surface area (Å²) in [6.45, 7) is 1.86. The summed E-state index contributed by atoms with van der Waals surface area (Å²) < 4.78 is 37.0. The third-order valence-electron chi connectivity index (χ3n) is 4.74. The number of alkyl halides is 2. The predicted molar refractivity (Wildman–Crippen MR) is 85.3 cm³/mol. The summed E-state index contributed by atoms with van der Waals surface area (Å²) in [5.41, 5.74) is 5.40. The number of nitrogen functional groups attached to an aromatic ring is 1. The van der Waals surface area contributed by atoms with Gasteiger partial charge in [-0.2, -0.15) is 18.9 Å². The van der Waals surface area contributed by atoms with E-state index in [2.05, 4.69) is 10.1 Å². The van der Waals surface area contributed by atoms with Crippen LogP contribution in [0.1, 0.15) is 11.9 Å². The highest BCUT2D eigenvalue weighted by Gasteiger charge is 2.59. The molecule has 0 unspecified atom stereocenters. The van der Waals surface area contributed by atoms with E-state index >= 15 is 0 Å². The molecule has 140 valence electrons. The van der Waals surface area contributed by atoms with E-state index in [1.54, 1.807) is 6.20 Å². The lowest BCUT2D eigenvalue weighted by molar-refractivity contribution is -0.140. The van der Waals surface area contributed by atoms with Crippen LogP contribution in [0.4, 0.5) is 14.6 Å². The lowest BCUT2D eigenvalue weighted by atomic mass is 10.1. The van der Waals surface area contributed by atoms with E-state index in [-0.39, 0.29) is 12.4 Å². The fourth-order valence-corrected chi connectivity index (χ4v) is 3.37. The first-order valence-corrected chi connectivity index (χ1v) is 8.15. The molecule has 0 spiro atoms. The molecule has 2 aromatic rings. The number of ether oxygens (including phenoxy) is 1. The minimum atomic E-state index is -3.64. The highest BCUT2D eigenvalue weighted by molar-refractivity contribution is 5.23. The SMILES string of the molecule is Nc1ccn([C@@H]2O[C@H](CN3CCn4nccc4C3)[C@@H](O)C2(F)F)c(=O)n1. The number of rotatable bonds is 3. The van der Waals surface area contributed by atoms with Crippen molar-refractivity contribution in [3.05, 3.63) is 40.7 Å². The molecule has 1 saturated heterocycles. The molecule has 0 aliphatic carbocycles. The summed E-state index contributed by atoms with van der Waals surface area (Å²) in [7, 11) is 0. The fourth-order valence-electron chi connectivity index (χ4n) is 3.37. The van der Waals surface area contributed by atoms with Crippen LogP contribution < -0.4 is 11.4 Å². The predicted octanol–water partition coefficient (Wildman–Crippen LogP) is -0.569. The van der Waals surface area contributed by atoms with E-state index in [1.165, 1.54) is 6.07 Å². The van der Waals surface area contributed by atoms with Crippen molar-refractivity contribution in [1.82, 2.24) is 24.2 Å². The lowest BCUT2D eigenvalue weighted by Gasteiger charge is -2.30. The van der Waals surface area contributed by atoms with Crippen LogP contribution in [0.2, 0.25) is 0 Å². The van der Waals surface area contributed by atoms with Gasteiger partial charge in [-0.3, -0.25) is 14.1 Å². The molecule has 4 heterocycles. The Morgan fingerprint density at radius 1 is 1.38 bits per heavy atom. The Morgan fingerprint density at radius 3 is 2.96 bits per heavy atom. The maximum Gasteiger partial charge on any atom is 0.351 e. The fraction of sp³-hybridized carbons (Fsp3) is 0.533. The van der Waals surface area contributed by atoms with Crippen molar-refractivity contribution < 1.29 is 18.6 Å². The number of aromatic nitrogens is 4. The molecule has 0 radical (unpaired) electrons. The van der Waals surface area contributed by atoms with Crippen LogP contribution in [-0.4, -0.2) is 60.6 Å². The maximum atomic E-state index is 14.5. The molecule has 9 nitrogen and oxygen atoms in total. The van der Waals surface area contributed by atoms with Crippen molar-refractivity contribution in [1.29, 1.82) is 0 Å². The molecule has 2 aliphatic heterocycles. The van der Waals surface area contributed by atoms with Crippen LogP contribution in [0.3, 0.4) is 0 Å². The molecule has 1 fully saturated rings. The van der Waals surface area contributed by atoms with Gasteiger partial charge in [-0.15, -0.1) is 0 Å². The molecule has 3 atom stereocenters. The van der Waals surface area contributed by atoms with Gasteiger partial charge in [0.15, 0.2) is 0 Å². The average molecular weight is 368 g/mol. The summed E-state index contributed by atoms with van der Waals surface area (Å²) in [5.74, 6) is -3.71. The van der Waals surface area contributed by atoms with E-state index in [1.807, 2.05) is 15.6 Å². The maximum absolute atomic E-state index is 14.5. The topological polar surface area (TPSA) is 111 Å². The zero-order chi connectivity index (χ0) is 18.5. The number of hydrogen-bond donors (Lipinski definition) is 2. The average Bonchev–Trinajstić information content (AvgIpc) is 3.13. The molecular weight excluding hydrogens is 350 g/mol. The highest BCUT2D eigenvalue weighted by atomic mass is 19.3. The summed E-state index contributed by atoms with van der Waals surface area (Å²) in [5, 5.41) is 14.3. The number of halogens is 2. The first-order chi connectivity index (χ1) is 12.4. The quantitative estimate of drug-likeness (QED) is 0.746. The number of nitrogens with two attached hydrogens (primary N) is 1. The first-order valence-electron chi connectivity index (χ1n) is 8.15. The van der Waals surface area contributed by atoms with Gasteiger partial charge < -0.3 is 15.6 Å². The monoisotopic (exact) mass is 368 g/mol. The summed E-state index contributed by atoms with van der Waals surface area (Å²) in [4.78, 5) is 17.2. The first kappa shape index (κ1) is 17.1. The standard InChI is InChI=1S/C15H18F2N6O3/c16-15(17)12(24)10(8-21-5-6-23-9(7-21)1-3-19-23)26-13(15)22-4-2-11(18)20-14(22)25/h1-4,10,12-13,24H,5-8H2,(H2,18,20,25)/t10-,12-,13-/m1/s1. The van der Waals surface area contributed by atoms with Crippen molar-refractivity contribution in [3.63, 3.8) is 0 Å². The van der Waals surface area contributed by atoms with Gasteiger partial charge in [0, 0.05) is 32.0 Å². The Bertz CT molecular complexity index is 869. The minimum absolute atomic E-state index is 0.0745. The zero-order valence-electron chi connectivity index (χ0n) is 13.7. The summed E-state index contributed by atoms with van der Waals surface area (Å²) in [6.07, 6.45) is -2.33. The summed E-state index contributed by atoms with van der Waals surface area (Å²) in [6, 6.07) is 3.08. The number of fused-ring (bicyclic) bond motifs is 1. The van der Waals surface area contributed by atoms with Crippen LogP contribution in [0.15, 0.2) is 29.3 Å². The third-order valence-corrected chi connectivity index (χ3v) is 4.74. The van der Waals surface area contributed by atoms with Crippen LogP contribution in [0.5, 0.6) is 0 Å². The number of anilines is 1. The molecule has 11 heteroatoms. The van der Waals surface area contributed by atoms with E-state index in [0.717, 1.165) is 11.9 Å². The van der Waals surface area contributed by atoms with E-state index < -0.39 is 30.0 Å². The molecule has 0 aromatic carbocycles. The molecule has 4 rings (SSSR count). The van der Waals surface area contributed by atoms with Crippen LogP contribution >= 0.6 is 0 Å². The van der Waals surface area contributed by atoms with Crippen molar-refractivity contribution in [2.45, 2.75) is 37.4 Å². The Labute approximate surface area is 146 Å². The Kier molecular flexibility index (Phi) is 4.01. The normalized spacial score (nSPS) is 28.2. The number of nitrogens with zero attached hydrogens (tertiary/aromatic N) is 5. The number of aliphatic hydroxyl groups excluding tert-OH is 1. The van der Waals surface area contributed by atoms with Crippen molar-refractivity contribution in [3.8, 4) is 0 Å². The smallest absolute Gasteiger partial charge is 0.351 e. The molecular formula is C15H18F2N6O3. The van der Waals surface area contributed by atoms with E-state index in [0.29, 0.717) is 24.2 Å². The Balaban J connectivity index is 1.53. The molecule has 26 heavy (non-hydrogen) atoms. The van der Waals surface area contributed by atoms with Gasteiger partial charge in [0.25, 0.3) is 0 Å². The van der Waals surface area contributed by atoms with Gasteiger partial charge in [-0.05, 0) is 12.1 Å². The van der Waals surface area contributed by atoms with Gasteiger partial charge in [0.1, 0.15) is 18.0 Å². The molecule has 2 aliphatic rings. The van der Waals surface area contributed by atoms with E-state index in [9.17, 15) is 18.7 Å². The second kappa shape index (κ2) is 6.11. The van der Waals surface area contributed by atoms with E-state index in [4.69, 9.17) is 10.5 Å². The summed E-state index contributed by atoms with van der Waals surface area (Å²) >= 11 is 0. The molecule has 0 bridgehead atoms. The molecule has 2 aromatic heterocycles. The van der Waals surface area contributed by atoms with Crippen molar-refractivity contribution >= 4 is 5.82 Å². The van der Waals surface area contributed by atoms with Crippen LogP contribution in [0.25, 0.3) is 0 Å². The molecule has 0 saturated carbocycles. The minimum Gasteiger partial charge on any atom is -0.384 e. The van der Waals surface area contributed by atoms with Gasteiger partial charge in [0.2, 0.25) is 6.23 Å². The van der Waals surface area contributed by atoms with Crippen LogP contribution in [0, 0.1) is 0 Å². The van der Waals surface area contributed by atoms with Crippen molar-refractivity contribution in [2.75, 3.05) is 18.8 Å². The Morgan fingerprint density at radius 2 is 2.19 bits per heavy atom. The van der Waals surface area contributed by atoms with Crippen LogP contribution in [-0.2, 0) is 17.8 Å². The molecule has 3 N–H and O–H groups in total. The van der Waals surface area contributed by atoms with Gasteiger partial charge in [0.05, 0.1) is 12.2 Å². The van der Waals surface area contributed by atoms with Gasteiger partial charge >= 0.3 is 11.6 Å².